The molecule has 7 nitrogen and oxygen atoms in total. The van der Waals surface area contributed by atoms with E-state index in [-0.39, 0.29) is 0 Å². The van der Waals surface area contributed by atoms with E-state index in [1.165, 1.54) is 65.7 Å². The minimum atomic E-state index is 0.543. The van der Waals surface area contributed by atoms with Gasteiger partial charge in [0.2, 0.25) is 0 Å². The van der Waals surface area contributed by atoms with E-state index in [1.54, 1.807) is 0 Å². The Kier molecular flexibility index (Phi) is 11.9. The van der Waals surface area contributed by atoms with Crippen LogP contribution in [-0.4, -0.2) is 28.2 Å². The third-order valence-electron chi connectivity index (χ3n) is 18.7. The van der Waals surface area contributed by atoms with Crippen molar-refractivity contribution in [3.63, 3.8) is 0 Å². The van der Waals surface area contributed by atoms with Crippen molar-refractivity contribution in [1.29, 1.82) is 5.26 Å². The highest BCUT2D eigenvalue weighted by Crippen LogP contribution is 2.53. The summed E-state index contributed by atoms with van der Waals surface area (Å²) >= 11 is 0. The average Bonchev–Trinajstić information content (AvgIpc) is 1.17. The first-order chi connectivity index (χ1) is 44.1. The molecular weight excluding hydrogens is 1090 g/mol. The number of pyridine rings is 2. The molecule has 6 aromatic heterocycles. The molecule has 90 heavy (non-hydrogen) atoms. The maximum absolute atomic E-state index is 12.5. The summed E-state index contributed by atoms with van der Waals surface area (Å²) in [4.78, 5) is 9.91. The number of benzene rings is 11. The number of hydrogen-bond acceptors (Lipinski definition) is 3. The van der Waals surface area contributed by atoms with Crippen molar-refractivity contribution in [3.05, 3.63) is 288 Å². The lowest BCUT2D eigenvalue weighted by molar-refractivity contribution is 1.13. The van der Waals surface area contributed by atoms with Gasteiger partial charge in [0, 0.05) is 101 Å². The van der Waals surface area contributed by atoms with E-state index in [1.807, 2.05) is 24.7 Å². The Morgan fingerprint density at radius 3 is 1.03 bits per heavy atom. The predicted molar refractivity (Wildman–Crippen MR) is 374 cm³/mol. The van der Waals surface area contributed by atoms with Gasteiger partial charge >= 0.3 is 0 Å². The minimum absolute atomic E-state index is 0.543. The number of nitriles is 1. The molecule has 0 N–H and O–H groups in total. The molecule has 0 spiro atoms. The summed E-state index contributed by atoms with van der Waals surface area (Å²) in [7, 11) is 0. The van der Waals surface area contributed by atoms with Crippen molar-refractivity contribution in [2.75, 3.05) is 0 Å². The molecular formula is C83H59N7. The predicted octanol–water partition coefficient (Wildman–Crippen LogP) is 21.3. The number of rotatable bonds is 8. The lowest BCUT2D eigenvalue weighted by Crippen LogP contribution is -2.08. The van der Waals surface area contributed by atoms with Gasteiger partial charge in [0.15, 0.2) is 0 Å². The van der Waals surface area contributed by atoms with Gasteiger partial charge in [-0.25, -0.2) is 4.98 Å². The zero-order valence-electron chi connectivity index (χ0n) is 50.8. The van der Waals surface area contributed by atoms with Crippen LogP contribution < -0.4 is 0 Å². The Labute approximate surface area is 520 Å². The topological polar surface area (TPSA) is 69.3 Å². The van der Waals surface area contributed by atoms with Crippen molar-refractivity contribution in [2.24, 2.45) is 0 Å². The Morgan fingerprint density at radius 2 is 0.633 bits per heavy atom. The number of nitrogens with zero attached hydrogens (tertiary/aromatic N) is 7. The Balaban J connectivity index is 0.993. The van der Waals surface area contributed by atoms with E-state index >= 15 is 0 Å². The molecule has 7 heteroatoms. The monoisotopic (exact) mass is 1150 g/mol. The number of aryl methyl sites for hydroxylation is 6. The largest absolute Gasteiger partial charge is 0.309 e. The van der Waals surface area contributed by atoms with Crippen molar-refractivity contribution in [3.8, 4) is 73.3 Å². The van der Waals surface area contributed by atoms with E-state index < -0.39 is 0 Å². The molecule has 0 fully saturated rings. The molecule has 0 saturated carbocycles. The summed E-state index contributed by atoms with van der Waals surface area (Å²) < 4.78 is 9.48. The second kappa shape index (κ2) is 20.2. The van der Waals surface area contributed by atoms with Gasteiger partial charge in [0.1, 0.15) is 11.7 Å². The molecule has 0 atom stereocenters. The summed E-state index contributed by atoms with van der Waals surface area (Å²) in [5, 5.41) is 21.9. The van der Waals surface area contributed by atoms with Gasteiger partial charge in [-0.15, -0.1) is 0 Å². The molecule has 426 valence electrons. The van der Waals surface area contributed by atoms with Gasteiger partial charge in [-0.05, 0) is 203 Å². The molecule has 0 aliphatic heterocycles. The van der Waals surface area contributed by atoms with Crippen LogP contribution in [0.5, 0.6) is 0 Å². The van der Waals surface area contributed by atoms with Gasteiger partial charge < -0.3 is 13.7 Å². The fraction of sp³-hybridized carbons (Fsp3) is 0.0723. The second-order valence-electron chi connectivity index (χ2n) is 24.6. The van der Waals surface area contributed by atoms with E-state index in [0.717, 1.165) is 122 Å². The van der Waals surface area contributed by atoms with Crippen molar-refractivity contribution >= 4 is 87.4 Å². The van der Waals surface area contributed by atoms with Crippen LogP contribution in [0.2, 0.25) is 0 Å². The summed E-state index contributed by atoms with van der Waals surface area (Å²) in [6, 6.07) is 87.3. The fourth-order valence-corrected chi connectivity index (χ4v) is 14.7. The van der Waals surface area contributed by atoms with Crippen LogP contribution in [0.4, 0.5) is 0 Å². The number of hydrogen-bond donors (Lipinski definition) is 0. The average molecular weight is 1150 g/mol. The van der Waals surface area contributed by atoms with Gasteiger partial charge in [0.25, 0.3) is 0 Å². The standard InChI is InChI=1S/C83H59N7/c1-49-13-31-72-64(42-49)65-43-50(2)14-32-73(65)87(72)59-25-19-55(20-26-59)78-70(48-84)79(56-21-27-60(28-22-56)88-74-33-15-51(3)44-66(74)67-45-52(4)16-34-75(67)88)82(90-71-12-8-7-10-62(71)63-11-9-39-86-83(63)90)81(80(78)58-37-40-85-41-38-58)57-23-29-61(30-24-57)89-76-35-17-53(5)46-68(76)69-47-54(6)18-36-77(69)89/h7-47H,1-6H3. The van der Waals surface area contributed by atoms with Crippen LogP contribution in [0.3, 0.4) is 0 Å². The zero-order chi connectivity index (χ0) is 60.6. The van der Waals surface area contributed by atoms with E-state index in [0.29, 0.717) is 5.56 Å². The normalized spacial score (nSPS) is 11.9. The minimum Gasteiger partial charge on any atom is -0.309 e. The molecule has 0 aliphatic carbocycles. The summed E-state index contributed by atoms with van der Waals surface area (Å²) in [6.07, 6.45) is 5.61. The SMILES string of the molecule is Cc1ccc2c(c1)c1cc(C)ccc1n2-c1ccc(-c2c(C#N)c(-c3ccc(-n4c5ccc(C)cc5c5cc(C)ccc54)cc3)c(-n3c4ccccc4c4cccnc43)c(-c3ccc(-n4c5ccc(C)cc5c5cc(C)ccc54)cc3)c2-c2ccncc2)cc1. The van der Waals surface area contributed by atoms with Crippen LogP contribution in [0.1, 0.15) is 38.9 Å². The summed E-state index contributed by atoms with van der Waals surface area (Å²) in [5.74, 6) is 0. The zero-order valence-corrected chi connectivity index (χ0v) is 50.8. The number of aromatic nitrogens is 6. The van der Waals surface area contributed by atoms with E-state index in [4.69, 9.17) is 4.98 Å². The highest BCUT2D eigenvalue weighted by Gasteiger charge is 2.32. The lowest BCUT2D eigenvalue weighted by atomic mass is 9.79. The van der Waals surface area contributed by atoms with Crippen LogP contribution in [0.15, 0.2) is 249 Å². The third-order valence-corrected chi connectivity index (χ3v) is 18.7. The fourth-order valence-electron chi connectivity index (χ4n) is 14.7. The van der Waals surface area contributed by atoms with Crippen molar-refractivity contribution in [2.45, 2.75) is 41.5 Å². The molecule has 0 saturated heterocycles. The second-order valence-corrected chi connectivity index (χ2v) is 24.6. The van der Waals surface area contributed by atoms with E-state index in [2.05, 4.69) is 295 Å². The molecule has 17 aromatic rings. The highest BCUT2D eigenvalue weighted by molar-refractivity contribution is 6.15. The van der Waals surface area contributed by atoms with Crippen LogP contribution in [-0.2, 0) is 0 Å². The van der Waals surface area contributed by atoms with Gasteiger partial charge in [-0.1, -0.05) is 124 Å². The molecule has 6 heterocycles. The van der Waals surface area contributed by atoms with Crippen molar-refractivity contribution < 1.29 is 0 Å². The van der Waals surface area contributed by atoms with Gasteiger partial charge in [0.05, 0.1) is 49.9 Å². The quantitative estimate of drug-likeness (QED) is 0.152. The third kappa shape index (κ3) is 8.04. The molecule has 0 bridgehead atoms. The van der Waals surface area contributed by atoms with Gasteiger partial charge in [-0.2, -0.15) is 5.26 Å². The highest BCUT2D eigenvalue weighted by atomic mass is 15.1. The molecule has 0 aliphatic rings. The maximum atomic E-state index is 12.5. The van der Waals surface area contributed by atoms with Crippen LogP contribution in [0, 0.1) is 52.9 Å². The van der Waals surface area contributed by atoms with E-state index in [9.17, 15) is 5.26 Å². The molecule has 0 amide bonds. The number of para-hydroxylation sites is 1. The Hall–Kier alpha value is -11.6. The summed E-state index contributed by atoms with van der Waals surface area (Å²) in [5.41, 5.74) is 27.6. The van der Waals surface area contributed by atoms with Gasteiger partial charge in [-0.3, -0.25) is 9.55 Å². The molecule has 0 unspecified atom stereocenters. The van der Waals surface area contributed by atoms with Crippen LogP contribution >= 0.6 is 0 Å². The first-order valence-corrected chi connectivity index (χ1v) is 30.8. The Morgan fingerprint density at radius 1 is 0.289 bits per heavy atom. The van der Waals surface area contributed by atoms with Crippen molar-refractivity contribution in [1.82, 2.24) is 28.2 Å². The summed E-state index contributed by atoms with van der Waals surface area (Å²) in [6.45, 7) is 13.0. The smallest absolute Gasteiger partial charge is 0.145 e. The maximum Gasteiger partial charge on any atom is 0.145 e. The Bertz CT molecular complexity index is 5650. The molecule has 11 aromatic carbocycles. The molecule has 17 rings (SSSR count). The van der Waals surface area contributed by atoms with Crippen LogP contribution in [0.25, 0.3) is 155 Å². The first-order valence-electron chi connectivity index (χ1n) is 30.8. The number of fused-ring (bicyclic) bond motifs is 12. The lowest BCUT2D eigenvalue weighted by Gasteiger charge is -2.27. The first kappa shape index (κ1) is 52.7. The molecule has 0 radical (unpaired) electrons.